The highest BCUT2D eigenvalue weighted by Crippen LogP contribution is 2.37. The molecule has 136 valence electrons. The molecular formula is C19H25N7. The summed E-state index contributed by atoms with van der Waals surface area (Å²) in [4.78, 5) is 9.26. The van der Waals surface area contributed by atoms with Crippen LogP contribution in [0.25, 0.3) is 11.0 Å². The second kappa shape index (κ2) is 6.92. The summed E-state index contributed by atoms with van der Waals surface area (Å²) in [7, 11) is 1.89. The maximum absolute atomic E-state index is 6.27. The molecule has 1 aliphatic carbocycles. The van der Waals surface area contributed by atoms with Gasteiger partial charge in [-0.25, -0.2) is 0 Å². The Bertz CT molecular complexity index is 890. The standard InChI is InChI=1S/C19H25N7/c1-12-8-14(12)9-21-17-15-10-23-26(2)18(15)25-19(24-17)22-11-16(20)13-6-4-3-5-7-13/h3-7,10,12,14,16H,8-9,11,20H2,1-2H3,(H2,21,22,24,25). The van der Waals surface area contributed by atoms with E-state index in [0.717, 1.165) is 40.8 Å². The van der Waals surface area contributed by atoms with Crippen LogP contribution in [0.1, 0.15) is 24.9 Å². The average Bonchev–Trinajstić information content (AvgIpc) is 3.25. The highest BCUT2D eigenvalue weighted by Gasteiger charge is 2.32. The lowest BCUT2D eigenvalue weighted by atomic mass is 10.1. The largest absolute Gasteiger partial charge is 0.369 e. The fourth-order valence-electron chi connectivity index (χ4n) is 3.17. The Morgan fingerprint density at radius 1 is 1.23 bits per heavy atom. The van der Waals surface area contributed by atoms with E-state index in [1.165, 1.54) is 6.42 Å². The van der Waals surface area contributed by atoms with Crippen LogP contribution in [-0.2, 0) is 7.05 Å². The molecule has 0 saturated heterocycles. The van der Waals surface area contributed by atoms with Crippen molar-refractivity contribution in [1.29, 1.82) is 0 Å². The number of nitrogens with one attached hydrogen (secondary N) is 2. The van der Waals surface area contributed by atoms with Crippen LogP contribution < -0.4 is 16.4 Å². The lowest BCUT2D eigenvalue weighted by Crippen LogP contribution is -2.21. The first kappa shape index (κ1) is 16.8. The molecule has 1 fully saturated rings. The van der Waals surface area contributed by atoms with Crippen molar-refractivity contribution >= 4 is 22.8 Å². The molecule has 7 nitrogen and oxygen atoms in total. The van der Waals surface area contributed by atoms with Crippen molar-refractivity contribution in [3.8, 4) is 0 Å². The van der Waals surface area contributed by atoms with Crippen LogP contribution >= 0.6 is 0 Å². The zero-order chi connectivity index (χ0) is 18.1. The molecule has 4 N–H and O–H groups in total. The van der Waals surface area contributed by atoms with Crippen molar-refractivity contribution in [3.05, 3.63) is 42.1 Å². The van der Waals surface area contributed by atoms with Crippen LogP contribution in [0.5, 0.6) is 0 Å². The summed E-state index contributed by atoms with van der Waals surface area (Å²) >= 11 is 0. The minimum Gasteiger partial charge on any atom is -0.369 e. The molecule has 7 heteroatoms. The van der Waals surface area contributed by atoms with Crippen molar-refractivity contribution < 1.29 is 0 Å². The second-order valence-electron chi connectivity index (χ2n) is 7.15. The summed E-state index contributed by atoms with van der Waals surface area (Å²) in [5, 5.41) is 12.0. The Labute approximate surface area is 153 Å². The Morgan fingerprint density at radius 3 is 2.73 bits per heavy atom. The molecule has 0 spiro atoms. The van der Waals surface area contributed by atoms with Gasteiger partial charge in [0.05, 0.1) is 11.6 Å². The molecule has 1 aliphatic rings. The predicted molar refractivity (Wildman–Crippen MR) is 104 cm³/mol. The molecule has 0 amide bonds. The minimum atomic E-state index is -0.120. The summed E-state index contributed by atoms with van der Waals surface area (Å²) in [6, 6.07) is 9.91. The summed E-state index contributed by atoms with van der Waals surface area (Å²) in [5.74, 6) is 2.94. The fraction of sp³-hybridized carbons (Fsp3) is 0.421. The summed E-state index contributed by atoms with van der Waals surface area (Å²) in [5.41, 5.74) is 8.17. The van der Waals surface area contributed by atoms with Crippen LogP contribution in [0.3, 0.4) is 0 Å². The van der Waals surface area contributed by atoms with E-state index < -0.39 is 0 Å². The van der Waals surface area contributed by atoms with Gasteiger partial charge < -0.3 is 16.4 Å². The van der Waals surface area contributed by atoms with Crippen molar-refractivity contribution in [2.45, 2.75) is 19.4 Å². The van der Waals surface area contributed by atoms with Gasteiger partial charge in [-0.05, 0) is 23.8 Å². The van der Waals surface area contributed by atoms with E-state index in [1.54, 1.807) is 4.68 Å². The maximum atomic E-state index is 6.27. The van der Waals surface area contributed by atoms with Gasteiger partial charge in [-0.3, -0.25) is 4.68 Å². The minimum absolute atomic E-state index is 0.120. The highest BCUT2D eigenvalue weighted by molar-refractivity contribution is 5.87. The van der Waals surface area contributed by atoms with Crippen molar-refractivity contribution in [3.63, 3.8) is 0 Å². The Kier molecular flexibility index (Phi) is 4.46. The highest BCUT2D eigenvalue weighted by atomic mass is 15.3. The first-order valence-electron chi connectivity index (χ1n) is 9.10. The smallest absolute Gasteiger partial charge is 0.226 e. The van der Waals surface area contributed by atoms with E-state index in [1.807, 2.05) is 43.6 Å². The van der Waals surface area contributed by atoms with Crippen molar-refractivity contribution in [2.75, 3.05) is 23.7 Å². The number of rotatable bonds is 7. The molecule has 3 unspecified atom stereocenters. The molecule has 1 aromatic carbocycles. The fourth-order valence-corrected chi connectivity index (χ4v) is 3.17. The van der Waals surface area contributed by atoms with Gasteiger partial charge in [0.25, 0.3) is 0 Å². The first-order chi connectivity index (χ1) is 12.6. The monoisotopic (exact) mass is 351 g/mol. The SMILES string of the molecule is CC1CC1CNc1nc(NCC(N)c2ccccc2)nc2c1cnn2C. The van der Waals surface area contributed by atoms with Gasteiger partial charge in [0.1, 0.15) is 5.82 Å². The van der Waals surface area contributed by atoms with Crippen LogP contribution in [0, 0.1) is 11.8 Å². The van der Waals surface area contributed by atoms with Crippen LogP contribution in [0.4, 0.5) is 11.8 Å². The van der Waals surface area contributed by atoms with E-state index in [-0.39, 0.29) is 6.04 Å². The molecule has 0 bridgehead atoms. The molecule has 3 aromatic rings. The lowest BCUT2D eigenvalue weighted by molar-refractivity contribution is 0.755. The van der Waals surface area contributed by atoms with E-state index >= 15 is 0 Å². The van der Waals surface area contributed by atoms with Gasteiger partial charge in [0.15, 0.2) is 5.65 Å². The molecule has 0 radical (unpaired) electrons. The number of nitrogens with two attached hydrogens (primary N) is 1. The molecule has 3 atom stereocenters. The Hall–Kier alpha value is -2.67. The van der Waals surface area contributed by atoms with Gasteiger partial charge in [0, 0.05) is 26.2 Å². The Balaban J connectivity index is 1.51. The van der Waals surface area contributed by atoms with Gasteiger partial charge in [-0.15, -0.1) is 0 Å². The van der Waals surface area contributed by atoms with E-state index in [0.29, 0.717) is 12.5 Å². The predicted octanol–water partition coefficient (Wildman–Crippen LogP) is 2.54. The number of nitrogens with zero attached hydrogens (tertiary/aromatic N) is 4. The number of fused-ring (bicyclic) bond motifs is 1. The molecule has 1 saturated carbocycles. The summed E-state index contributed by atoms with van der Waals surface area (Å²) in [6.07, 6.45) is 3.10. The third-order valence-electron chi connectivity index (χ3n) is 5.11. The van der Waals surface area contributed by atoms with E-state index in [2.05, 4.69) is 32.6 Å². The quantitative estimate of drug-likeness (QED) is 0.606. The van der Waals surface area contributed by atoms with Gasteiger partial charge in [-0.1, -0.05) is 37.3 Å². The molecule has 2 heterocycles. The Morgan fingerprint density at radius 2 is 2.00 bits per heavy atom. The molecule has 4 rings (SSSR count). The number of aryl methyl sites for hydroxylation is 1. The van der Waals surface area contributed by atoms with Crippen molar-refractivity contribution in [2.24, 2.45) is 24.6 Å². The summed E-state index contributed by atoms with van der Waals surface area (Å²) < 4.78 is 1.77. The average molecular weight is 351 g/mol. The number of benzene rings is 1. The van der Waals surface area contributed by atoms with Crippen molar-refractivity contribution in [1.82, 2.24) is 19.7 Å². The van der Waals surface area contributed by atoms with Gasteiger partial charge in [0.2, 0.25) is 5.95 Å². The topological polar surface area (TPSA) is 93.7 Å². The zero-order valence-electron chi connectivity index (χ0n) is 15.2. The van der Waals surface area contributed by atoms with Crippen LogP contribution in [0.15, 0.2) is 36.5 Å². The lowest BCUT2D eigenvalue weighted by Gasteiger charge is -2.14. The number of hydrogen-bond donors (Lipinski definition) is 3. The third kappa shape index (κ3) is 3.48. The van der Waals surface area contributed by atoms with Crippen LogP contribution in [0.2, 0.25) is 0 Å². The van der Waals surface area contributed by atoms with E-state index in [9.17, 15) is 0 Å². The molecular weight excluding hydrogens is 326 g/mol. The zero-order valence-corrected chi connectivity index (χ0v) is 15.2. The molecule has 26 heavy (non-hydrogen) atoms. The van der Waals surface area contributed by atoms with Gasteiger partial charge in [-0.2, -0.15) is 15.1 Å². The second-order valence-corrected chi connectivity index (χ2v) is 7.15. The third-order valence-corrected chi connectivity index (χ3v) is 5.11. The number of anilines is 2. The van der Waals surface area contributed by atoms with E-state index in [4.69, 9.17) is 5.73 Å². The normalized spacial score (nSPS) is 20.1. The molecule has 2 aromatic heterocycles. The summed E-state index contributed by atoms with van der Waals surface area (Å²) in [6.45, 7) is 3.78. The number of aromatic nitrogens is 4. The maximum Gasteiger partial charge on any atom is 0.226 e. The number of hydrogen-bond acceptors (Lipinski definition) is 6. The van der Waals surface area contributed by atoms with Crippen LogP contribution in [-0.4, -0.2) is 32.8 Å². The van der Waals surface area contributed by atoms with Gasteiger partial charge >= 0.3 is 0 Å². The first-order valence-corrected chi connectivity index (χ1v) is 9.10. The molecule has 0 aliphatic heterocycles.